The normalized spacial score (nSPS) is 23.7. The molecule has 142 valence electrons. The highest BCUT2D eigenvalue weighted by molar-refractivity contribution is 5.81. The molecule has 2 amide bonds. The molecule has 4 heteroatoms. The molecule has 0 heterocycles. The highest BCUT2D eigenvalue weighted by atomic mass is 16.2. The van der Waals surface area contributed by atoms with Crippen LogP contribution in [0.25, 0.3) is 0 Å². The molecule has 25 heavy (non-hydrogen) atoms. The van der Waals surface area contributed by atoms with Crippen LogP contribution in [0.2, 0.25) is 0 Å². The molecule has 0 saturated heterocycles. The van der Waals surface area contributed by atoms with Crippen molar-refractivity contribution in [3.05, 3.63) is 11.6 Å². The molecular weight excluding hydrogens is 312 g/mol. The van der Waals surface area contributed by atoms with Gasteiger partial charge in [-0.25, -0.2) is 0 Å². The molecule has 2 aliphatic carbocycles. The van der Waals surface area contributed by atoms with Crippen molar-refractivity contribution < 1.29 is 9.59 Å². The summed E-state index contributed by atoms with van der Waals surface area (Å²) >= 11 is 0. The second-order valence-corrected chi connectivity index (χ2v) is 7.81. The van der Waals surface area contributed by atoms with E-state index < -0.39 is 0 Å². The van der Waals surface area contributed by atoms with Gasteiger partial charge in [-0.2, -0.15) is 0 Å². The van der Waals surface area contributed by atoms with Gasteiger partial charge in [0.2, 0.25) is 11.8 Å². The number of amides is 2. The summed E-state index contributed by atoms with van der Waals surface area (Å²) in [5.74, 6) is 0.696. The van der Waals surface area contributed by atoms with E-state index in [0.29, 0.717) is 0 Å². The third-order valence-electron chi connectivity index (χ3n) is 5.80. The lowest BCUT2D eigenvalue weighted by molar-refractivity contribution is -0.137. The van der Waals surface area contributed by atoms with Crippen LogP contribution >= 0.6 is 0 Å². The summed E-state index contributed by atoms with van der Waals surface area (Å²) in [6, 6.07) is 0. The molecule has 1 N–H and O–H groups in total. The standard InChI is InChI=1S/C21H36N2O2/c1-3-4-16-23(2)21(25)19-12-10-18(11-13-19)20(24)22-15-14-17-8-6-5-7-9-17/h8,18-19H,3-7,9-16H2,1-2H3,(H,22,24). The first-order chi connectivity index (χ1) is 12.1. The monoisotopic (exact) mass is 348 g/mol. The van der Waals surface area contributed by atoms with Gasteiger partial charge in [-0.05, 0) is 64.2 Å². The van der Waals surface area contributed by atoms with E-state index >= 15 is 0 Å². The predicted molar refractivity (Wildman–Crippen MR) is 102 cm³/mol. The molecule has 0 unspecified atom stereocenters. The summed E-state index contributed by atoms with van der Waals surface area (Å²) in [6.07, 6.45) is 14.0. The van der Waals surface area contributed by atoms with Gasteiger partial charge in [0.15, 0.2) is 0 Å². The Hall–Kier alpha value is -1.32. The zero-order valence-electron chi connectivity index (χ0n) is 16.2. The number of carbonyl (C=O) groups is 2. The van der Waals surface area contributed by atoms with E-state index in [2.05, 4.69) is 18.3 Å². The largest absolute Gasteiger partial charge is 0.356 e. The molecule has 1 saturated carbocycles. The fraction of sp³-hybridized carbons (Fsp3) is 0.810. The minimum atomic E-state index is 0.102. The first kappa shape index (κ1) is 20.0. The lowest BCUT2D eigenvalue weighted by atomic mass is 9.81. The average Bonchev–Trinajstić information content (AvgIpc) is 2.66. The Labute approximate surface area is 153 Å². The Morgan fingerprint density at radius 1 is 1.16 bits per heavy atom. The molecule has 2 aliphatic rings. The van der Waals surface area contributed by atoms with Gasteiger partial charge < -0.3 is 10.2 Å². The number of nitrogens with zero attached hydrogens (tertiary/aromatic N) is 1. The van der Waals surface area contributed by atoms with E-state index in [1.54, 1.807) is 0 Å². The molecule has 0 aromatic rings. The number of hydrogen-bond donors (Lipinski definition) is 1. The number of rotatable bonds is 8. The molecule has 0 radical (unpaired) electrons. The van der Waals surface area contributed by atoms with Crippen molar-refractivity contribution in [3.63, 3.8) is 0 Å². The second-order valence-electron chi connectivity index (χ2n) is 7.81. The van der Waals surface area contributed by atoms with Crippen LogP contribution in [0.4, 0.5) is 0 Å². The zero-order valence-corrected chi connectivity index (χ0v) is 16.2. The lowest BCUT2D eigenvalue weighted by Crippen LogP contribution is -2.38. The van der Waals surface area contributed by atoms with Gasteiger partial charge >= 0.3 is 0 Å². The minimum absolute atomic E-state index is 0.102. The fourth-order valence-electron chi connectivity index (χ4n) is 4.04. The van der Waals surface area contributed by atoms with Gasteiger partial charge in [0.1, 0.15) is 0 Å². The number of unbranched alkanes of at least 4 members (excludes halogenated alkanes) is 1. The highest BCUT2D eigenvalue weighted by Gasteiger charge is 2.31. The maximum absolute atomic E-state index is 12.4. The van der Waals surface area contributed by atoms with Crippen LogP contribution in [0.1, 0.15) is 77.6 Å². The summed E-state index contributed by atoms with van der Waals surface area (Å²) in [4.78, 5) is 26.7. The average molecular weight is 349 g/mol. The fourth-order valence-corrected chi connectivity index (χ4v) is 4.04. The van der Waals surface area contributed by atoms with E-state index in [-0.39, 0.29) is 23.7 Å². The van der Waals surface area contributed by atoms with E-state index in [1.807, 2.05) is 11.9 Å². The Bertz CT molecular complexity index is 465. The maximum Gasteiger partial charge on any atom is 0.225 e. The van der Waals surface area contributed by atoms with E-state index in [0.717, 1.165) is 58.0 Å². The minimum Gasteiger partial charge on any atom is -0.356 e. The van der Waals surface area contributed by atoms with Crippen LogP contribution in [0.3, 0.4) is 0 Å². The van der Waals surface area contributed by atoms with Crippen LogP contribution < -0.4 is 5.32 Å². The molecule has 0 bridgehead atoms. The zero-order chi connectivity index (χ0) is 18.1. The van der Waals surface area contributed by atoms with Crippen LogP contribution in [0.15, 0.2) is 11.6 Å². The van der Waals surface area contributed by atoms with Gasteiger partial charge in [-0.1, -0.05) is 25.0 Å². The van der Waals surface area contributed by atoms with Crippen molar-refractivity contribution in [1.29, 1.82) is 0 Å². The van der Waals surface area contributed by atoms with Crippen LogP contribution in [0.5, 0.6) is 0 Å². The van der Waals surface area contributed by atoms with Crippen molar-refractivity contribution in [1.82, 2.24) is 10.2 Å². The van der Waals surface area contributed by atoms with Crippen LogP contribution in [-0.4, -0.2) is 36.9 Å². The Morgan fingerprint density at radius 2 is 1.88 bits per heavy atom. The Kier molecular flexibility index (Phi) is 8.50. The quantitative estimate of drug-likeness (QED) is 0.673. The highest BCUT2D eigenvalue weighted by Crippen LogP contribution is 2.30. The number of hydrogen-bond acceptors (Lipinski definition) is 2. The summed E-state index contributed by atoms with van der Waals surface area (Å²) in [7, 11) is 1.91. The van der Waals surface area contributed by atoms with E-state index in [1.165, 1.54) is 31.3 Å². The molecular formula is C21H36N2O2. The molecule has 2 rings (SSSR count). The summed E-state index contributed by atoms with van der Waals surface area (Å²) in [5.41, 5.74) is 1.51. The van der Waals surface area contributed by atoms with Crippen molar-refractivity contribution >= 4 is 11.8 Å². The topological polar surface area (TPSA) is 49.4 Å². The molecule has 0 aromatic heterocycles. The van der Waals surface area contributed by atoms with E-state index in [9.17, 15) is 9.59 Å². The first-order valence-electron chi connectivity index (χ1n) is 10.3. The van der Waals surface area contributed by atoms with Gasteiger partial charge in [0.25, 0.3) is 0 Å². The molecule has 0 aliphatic heterocycles. The van der Waals surface area contributed by atoms with E-state index in [4.69, 9.17) is 0 Å². The predicted octanol–water partition coefficient (Wildman–Crippen LogP) is 4.06. The SMILES string of the molecule is CCCCN(C)C(=O)C1CCC(C(=O)NCCC2=CCCCC2)CC1. The third kappa shape index (κ3) is 6.48. The second kappa shape index (κ2) is 10.6. The number of nitrogens with one attached hydrogen (secondary N) is 1. The van der Waals surface area contributed by atoms with Crippen LogP contribution in [0, 0.1) is 11.8 Å². The van der Waals surface area contributed by atoms with Crippen molar-refractivity contribution in [2.75, 3.05) is 20.1 Å². The van der Waals surface area contributed by atoms with Gasteiger partial charge in [-0.15, -0.1) is 0 Å². The molecule has 1 fully saturated rings. The summed E-state index contributed by atoms with van der Waals surface area (Å²) in [5, 5.41) is 3.12. The van der Waals surface area contributed by atoms with Crippen molar-refractivity contribution in [2.45, 2.75) is 77.6 Å². The molecule has 4 nitrogen and oxygen atoms in total. The maximum atomic E-state index is 12.4. The van der Waals surface area contributed by atoms with Crippen LogP contribution in [-0.2, 0) is 9.59 Å². The molecule has 0 aromatic carbocycles. The molecule has 0 atom stereocenters. The summed E-state index contributed by atoms with van der Waals surface area (Å²) < 4.78 is 0. The van der Waals surface area contributed by atoms with Crippen molar-refractivity contribution in [3.8, 4) is 0 Å². The number of allylic oxidation sites excluding steroid dienone is 1. The van der Waals surface area contributed by atoms with Gasteiger partial charge in [-0.3, -0.25) is 9.59 Å². The number of carbonyl (C=O) groups excluding carboxylic acids is 2. The first-order valence-corrected chi connectivity index (χ1v) is 10.3. The summed E-state index contributed by atoms with van der Waals surface area (Å²) in [6.45, 7) is 3.77. The smallest absolute Gasteiger partial charge is 0.225 e. The molecule has 0 spiro atoms. The third-order valence-corrected chi connectivity index (χ3v) is 5.80. The lowest BCUT2D eigenvalue weighted by Gasteiger charge is -2.30. The Balaban J connectivity index is 1.65. The van der Waals surface area contributed by atoms with Gasteiger partial charge in [0, 0.05) is 32.0 Å². The van der Waals surface area contributed by atoms with Gasteiger partial charge in [0.05, 0.1) is 0 Å². The Morgan fingerprint density at radius 3 is 2.52 bits per heavy atom. The van der Waals surface area contributed by atoms with Crippen molar-refractivity contribution in [2.24, 2.45) is 11.8 Å².